The van der Waals surface area contributed by atoms with Gasteiger partial charge in [0, 0.05) is 12.1 Å². The topological polar surface area (TPSA) is 69.4 Å². The molecule has 0 N–H and O–H groups in total. The number of esters is 1. The Morgan fingerprint density at radius 2 is 2.09 bits per heavy atom. The minimum atomic E-state index is -0.510. The summed E-state index contributed by atoms with van der Waals surface area (Å²) in [6.45, 7) is 4.17. The van der Waals surface area contributed by atoms with Crippen LogP contribution >= 0.6 is 0 Å². The maximum atomic E-state index is 12.4. The van der Waals surface area contributed by atoms with Gasteiger partial charge in [0.1, 0.15) is 0 Å². The number of fused-ring (bicyclic) bond motifs is 3. The second-order valence-electron chi connectivity index (χ2n) is 7.37. The molecule has 0 unspecified atom stereocenters. The van der Waals surface area contributed by atoms with Gasteiger partial charge >= 0.3 is 5.97 Å². The van der Waals surface area contributed by atoms with E-state index in [0.717, 1.165) is 37.7 Å². The molecule has 5 nitrogen and oxygen atoms in total. The number of benzene rings is 1. The number of non-ortho nitro benzene ring substituents is 1. The molecule has 0 radical (unpaired) electrons. The maximum Gasteiger partial charge on any atom is 0.311 e. The monoisotopic (exact) mass is 317 g/mol. The Kier molecular flexibility index (Phi) is 3.69. The highest BCUT2D eigenvalue weighted by molar-refractivity contribution is 5.77. The van der Waals surface area contributed by atoms with Gasteiger partial charge < -0.3 is 4.74 Å². The quantitative estimate of drug-likeness (QED) is 0.473. The summed E-state index contributed by atoms with van der Waals surface area (Å²) in [5.74, 6) is 0.00742. The number of ether oxygens (including phenoxy) is 1. The number of aryl methyl sites for hydroxylation is 1. The standard InChI is InChI=1S/C18H23NO4/c1-17-9-4-10-18(2,16(20)23-3)15(17)8-6-12-5-7-13(19(21)22)11-14(12)17/h5,7,11,15H,4,6,8-10H2,1-3H3/t15-,17+,18-/m1/s1. The van der Waals surface area contributed by atoms with Gasteiger partial charge in [-0.25, -0.2) is 0 Å². The first-order chi connectivity index (χ1) is 10.8. The molecule has 1 saturated carbocycles. The van der Waals surface area contributed by atoms with Gasteiger partial charge in [0.25, 0.3) is 5.69 Å². The number of nitro benzene ring substituents is 1. The van der Waals surface area contributed by atoms with Crippen molar-refractivity contribution >= 4 is 11.7 Å². The minimum Gasteiger partial charge on any atom is -0.469 e. The summed E-state index contributed by atoms with van der Waals surface area (Å²) in [4.78, 5) is 23.3. The van der Waals surface area contributed by atoms with Gasteiger partial charge in [-0.15, -0.1) is 0 Å². The Morgan fingerprint density at radius 3 is 2.74 bits per heavy atom. The van der Waals surface area contributed by atoms with Crippen molar-refractivity contribution in [1.29, 1.82) is 0 Å². The van der Waals surface area contributed by atoms with Crippen LogP contribution in [0, 0.1) is 21.4 Å². The van der Waals surface area contributed by atoms with Crippen molar-refractivity contribution in [3.8, 4) is 0 Å². The van der Waals surface area contributed by atoms with E-state index in [1.165, 1.54) is 12.7 Å². The fraction of sp³-hybridized carbons (Fsp3) is 0.611. The Morgan fingerprint density at radius 1 is 1.35 bits per heavy atom. The van der Waals surface area contributed by atoms with Crippen LogP contribution in [-0.2, 0) is 21.4 Å². The van der Waals surface area contributed by atoms with E-state index in [4.69, 9.17) is 4.74 Å². The second-order valence-corrected chi connectivity index (χ2v) is 7.37. The zero-order valence-electron chi connectivity index (χ0n) is 13.9. The van der Waals surface area contributed by atoms with Gasteiger partial charge in [0.15, 0.2) is 0 Å². The predicted octanol–water partition coefficient (Wildman–Crippen LogP) is 3.78. The van der Waals surface area contributed by atoms with Gasteiger partial charge in [-0.3, -0.25) is 14.9 Å². The minimum absolute atomic E-state index is 0.135. The molecular weight excluding hydrogens is 294 g/mol. The van der Waals surface area contributed by atoms with Crippen LogP contribution in [0.2, 0.25) is 0 Å². The molecule has 0 spiro atoms. The Bertz CT molecular complexity index is 671. The Labute approximate surface area is 136 Å². The summed E-state index contributed by atoms with van der Waals surface area (Å²) in [7, 11) is 1.45. The first-order valence-electron chi connectivity index (χ1n) is 8.19. The van der Waals surface area contributed by atoms with Crippen LogP contribution in [0.15, 0.2) is 18.2 Å². The van der Waals surface area contributed by atoms with Crippen LogP contribution < -0.4 is 0 Å². The van der Waals surface area contributed by atoms with Crippen LogP contribution in [0.25, 0.3) is 0 Å². The van der Waals surface area contributed by atoms with Crippen molar-refractivity contribution in [2.45, 2.75) is 51.4 Å². The molecule has 1 fully saturated rings. The van der Waals surface area contributed by atoms with Crippen molar-refractivity contribution in [2.24, 2.45) is 11.3 Å². The fourth-order valence-electron chi connectivity index (χ4n) is 5.04. The Hall–Kier alpha value is -1.91. The average Bonchev–Trinajstić information content (AvgIpc) is 2.53. The second kappa shape index (κ2) is 5.32. The lowest BCUT2D eigenvalue weighted by Gasteiger charge is -2.53. The number of methoxy groups -OCH3 is 1. The molecule has 1 aromatic carbocycles. The van der Waals surface area contributed by atoms with Crippen LogP contribution in [0.3, 0.4) is 0 Å². The Balaban J connectivity index is 2.11. The normalized spacial score (nSPS) is 32.6. The molecule has 124 valence electrons. The summed E-state index contributed by atoms with van der Waals surface area (Å²) in [6.07, 6.45) is 4.50. The number of rotatable bonds is 2. The van der Waals surface area contributed by atoms with Gasteiger partial charge in [-0.1, -0.05) is 19.4 Å². The summed E-state index contributed by atoms with van der Waals surface area (Å²) in [5, 5.41) is 11.2. The van der Waals surface area contributed by atoms with Gasteiger partial charge in [0.05, 0.1) is 17.4 Å². The van der Waals surface area contributed by atoms with Gasteiger partial charge in [-0.05, 0) is 55.1 Å². The third-order valence-corrected chi connectivity index (χ3v) is 6.20. The summed E-state index contributed by atoms with van der Waals surface area (Å²) in [6, 6.07) is 5.20. The van der Waals surface area contributed by atoms with Crippen molar-refractivity contribution in [3.63, 3.8) is 0 Å². The highest BCUT2D eigenvalue weighted by Gasteiger charge is 2.55. The molecule has 3 rings (SSSR count). The summed E-state index contributed by atoms with van der Waals surface area (Å²) < 4.78 is 5.09. The van der Waals surface area contributed by atoms with E-state index in [0.29, 0.717) is 0 Å². The lowest BCUT2D eigenvalue weighted by molar-refractivity contribution is -0.385. The molecule has 0 heterocycles. The number of nitro groups is 1. The van der Waals surface area contributed by atoms with Crippen LogP contribution in [-0.4, -0.2) is 18.0 Å². The first-order valence-corrected chi connectivity index (χ1v) is 8.19. The van der Waals surface area contributed by atoms with Crippen molar-refractivity contribution in [3.05, 3.63) is 39.4 Å². The van der Waals surface area contributed by atoms with Crippen LogP contribution in [0.5, 0.6) is 0 Å². The molecular formula is C18H23NO4. The van der Waals surface area contributed by atoms with E-state index in [-0.39, 0.29) is 27.9 Å². The smallest absolute Gasteiger partial charge is 0.311 e. The van der Waals surface area contributed by atoms with Crippen LogP contribution in [0.4, 0.5) is 5.69 Å². The number of hydrogen-bond donors (Lipinski definition) is 0. The first kappa shape index (κ1) is 16.0. The highest BCUT2D eigenvalue weighted by atomic mass is 16.6. The molecule has 0 saturated heterocycles. The molecule has 0 aromatic heterocycles. The number of carbonyl (C=O) groups excluding carboxylic acids is 1. The fourth-order valence-corrected chi connectivity index (χ4v) is 5.04. The maximum absolute atomic E-state index is 12.4. The van der Waals surface area contributed by atoms with E-state index in [1.54, 1.807) is 12.1 Å². The lowest BCUT2D eigenvalue weighted by Crippen LogP contribution is -2.52. The molecule has 3 atom stereocenters. The SMILES string of the molecule is COC(=O)[C@]1(C)CCC[C@@]2(C)c3cc([N+](=O)[O-])ccc3CC[C@@H]12. The molecule has 23 heavy (non-hydrogen) atoms. The molecule has 5 heteroatoms. The van der Waals surface area contributed by atoms with E-state index in [2.05, 4.69) is 6.92 Å². The van der Waals surface area contributed by atoms with E-state index in [1.807, 2.05) is 13.0 Å². The molecule has 0 bridgehead atoms. The zero-order chi connectivity index (χ0) is 16.8. The molecule has 0 amide bonds. The van der Waals surface area contributed by atoms with Crippen LogP contribution in [0.1, 0.15) is 50.7 Å². The zero-order valence-corrected chi connectivity index (χ0v) is 13.9. The molecule has 2 aliphatic rings. The van der Waals surface area contributed by atoms with Crippen molar-refractivity contribution < 1.29 is 14.5 Å². The third kappa shape index (κ3) is 2.25. The third-order valence-electron chi connectivity index (χ3n) is 6.20. The highest BCUT2D eigenvalue weighted by Crippen LogP contribution is 2.57. The summed E-state index contributed by atoms with van der Waals surface area (Å²) >= 11 is 0. The van der Waals surface area contributed by atoms with E-state index in [9.17, 15) is 14.9 Å². The van der Waals surface area contributed by atoms with Gasteiger partial charge in [-0.2, -0.15) is 0 Å². The number of nitrogens with zero attached hydrogens (tertiary/aromatic N) is 1. The molecule has 0 aliphatic heterocycles. The average molecular weight is 317 g/mol. The summed E-state index contributed by atoms with van der Waals surface area (Å²) in [5.41, 5.74) is 1.66. The van der Waals surface area contributed by atoms with Gasteiger partial charge in [0.2, 0.25) is 0 Å². The van der Waals surface area contributed by atoms with Crippen molar-refractivity contribution in [1.82, 2.24) is 0 Å². The van der Waals surface area contributed by atoms with Crippen molar-refractivity contribution in [2.75, 3.05) is 7.11 Å². The molecule has 1 aromatic rings. The van der Waals surface area contributed by atoms with E-state index < -0.39 is 5.41 Å². The number of carbonyl (C=O) groups is 1. The largest absolute Gasteiger partial charge is 0.469 e. The van der Waals surface area contributed by atoms with E-state index >= 15 is 0 Å². The lowest BCUT2D eigenvalue weighted by atomic mass is 9.50. The molecule has 2 aliphatic carbocycles. The number of hydrogen-bond acceptors (Lipinski definition) is 4. The predicted molar refractivity (Wildman–Crippen MR) is 86.2 cm³/mol.